The molecule has 0 aliphatic carbocycles. The molecule has 1 aromatic rings. The molecule has 0 amide bonds. The first-order chi connectivity index (χ1) is 7.50. The molecule has 2 N–H and O–H groups in total. The second-order valence-corrected chi connectivity index (χ2v) is 3.11. The zero-order valence-corrected chi connectivity index (χ0v) is 8.21. The van der Waals surface area contributed by atoms with Crippen LogP contribution in [-0.2, 0) is 4.79 Å². The van der Waals surface area contributed by atoms with Gasteiger partial charge in [0.25, 0.3) is 6.43 Å². The van der Waals surface area contributed by atoms with Crippen molar-refractivity contribution in [3.8, 4) is 0 Å². The highest BCUT2D eigenvalue weighted by atomic mass is 19.3. The first kappa shape index (κ1) is 12.4. The number of halogens is 3. The molecule has 0 aromatic heterocycles. The van der Waals surface area contributed by atoms with Gasteiger partial charge in [0.05, 0.1) is 12.1 Å². The van der Waals surface area contributed by atoms with Crippen molar-refractivity contribution in [3.63, 3.8) is 0 Å². The highest BCUT2D eigenvalue weighted by molar-refractivity contribution is 5.67. The van der Waals surface area contributed by atoms with Gasteiger partial charge in [-0.3, -0.25) is 4.79 Å². The fraction of sp³-hybridized carbons (Fsp3) is 0.300. The van der Waals surface area contributed by atoms with Crippen LogP contribution >= 0.6 is 0 Å². The standard InChI is InChI=1S/C10H10F3NO2/c11-7-5-6(10(12)13)1-2-8(7)14-4-3-9(15)16/h1-2,5,10,14H,3-4H2,(H,15,16). The lowest BCUT2D eigenvalue weighted by Gasteiger charge is -2.07. The van der Waals surface area contributed by atoms with E-state index in [4.69, 9.17) is 5.11 Å². The average Bonchev–Trinajstić information content (AvgIpc) is 2.19. The summed E-state index contributed by atoms with van der Waals surface area (Å²) in [6.07, 6.45) is -2.89. The van der Waals surface area contributed by atoms with Gasteiger partial charge in [0.2, 0.25) is 0 Å². The smallest absolute Gasteiger partial charge is 0.305 e. The summed E-state index contributed by atoms with van der Waals surface area (Å²) in [7, 11) is 0. The van der Waals surface area contributed by atoms with Gasteiger partial charge in [-0.25, -0.2) is 13.2 Å². The Morgan fingerprint density at radius 1 is 1.44 bits per heavy atom. The molecular formula is C10H10F3NO2. The fourth-order valence-corrected chi connectivity index (χ4v) is 1.11. The summed E-state index contributed by atoms with van der Waals surface area (Å²) >= 11 is 0. The molecular weight excluding hydrogens is 223 g/mol. The Hall–Kier alpha value is -1.72. The molecule has 0 saturated heterocycles. The minimum Gasteiger partial charge on any atom is -0.481 e. The van der Waals surface area contributed by atoms with Gasteiger partial charge in [-0.1, -0.05) is 6.07 Å². The largest absolute Gasteiger partial charge is 0.481 e. The summed E-state index contributed by atoms with van der Waals surface area (Å²) in [5, 5.41) is 10.9. The SMILES string of the molecule is O=C(O)CCNc1ccc(C(F)F)cc1F. The summed E-state index contributed by atoms with van der Waals surface area (Å²) in [4.78, 5) is 10.2. The Morgan fingerprint density at radius 2 is 2.12 bits per heavy atom. The molecule has 0 aliphatic heterocycles. The summed E-state index contributed by atoms with van der Waals surface area (Å²) in [5.74, 6) is -1.83. The quantitative estimate of drug-likeness (QED) is 0.821. The van der Waals surface area contributed by atoms with E-state index >= 15 is 0 Å². The van der Waals surface area contributed by atoms with Gasteiger partial charge in [0, 0.05) is 12.1 Å². The number of anilines is 1. The van der Waals surface area contributed by atoms with Crippen LogP contribution in [-0.4, -0.2) is 17.6 Å². The molecule has 16 heavy (non-hydrogen) atoms. The van der Waals surface area contributed by atoms with Crippen LogP contribution in [0.5, 0.6) is 0 Å². The number of benzene rings is 1. The Kier molecular flexibility index (Phi) is 4.16. The van der Waals surface area contributed by atoms with Crippen molar-refractivity contribution < 1.29 is 23.1 Å². The van der Waals surface area contributed by atoms with E-state index in [1.165, 1.54) is 6.07 Å². The first-order valence-corrected chi connectivity index (χ1v) is 4.54. The van der Waals surface area contributed by atoms with Crippen LogP contribution in [0.1, 0.15) is 18.4 Å². The maximum absolute atomic E-state index is 13.2. The average molecular weight is 233 g/mol. The third kappa shape index (κ3) is 3.45. The number of aliphatic carboxylic acids is 1. The minimum atomic E-state index is -2.72. The molecule has 1 aromatic carbocycles. The third-order valence-corrected chi connectivity index (χ3v) is 1.90. The van der Waals surface area contributed by atoms with Crippen molar-refractivity contribution in [2.24, 2.45) is 0 Å². The molecule has 0 spiro atoms. The number of carbonyl (C=O) groups is 1. The molecule has 3 nitrogen and oxygen atoms in total. The highest BCUT2D eigenvalue weighted by Crippen LogP contribution is 2.23. The first-order valence-electron chi connectivity index (χ1n) is 4.54. The van der Waals surface area contributed by atoms with Crippen LogP contribution in [0.25, 0.3) is 0 Å². The number of hydrogen-bond acceptors (Lipinski definition) is 2. The Bertz CT molecular complexity index is 382. The minimum absolute atomic E-state index is 0.0191. The normalized spacial score (nSPS) is 10.5. The van der Waals surface area contributed by atoms with Crippen LogP contribution in [0, 0.1) is 5.82 Å². The predicted molar refractivity (Wildman–Crippen MR) is 52.1 cm³/mol. The summed E-state index contributed by atoms with van der Waals surface area (Å²) in [6, 6.07) is 2.99. The Labute approximate surface area is 89.9 Å². The van der Waals surface area contributed by atoms with Crippen molar-refractivity contribution >= 4 is 11.7 Å². The Balaban J connectivity index is 2.64. The van der Waals surface area contributed by atoms with Crippen LogP contribution < -0.4 is 5.32 Å². The molecule has 1 rings (SSSR count). The van der Waals surface area contributed by atoms with Gasteiger partial charge < -0.3 is 10.4 Å². The number of nitrogens with one attached hydrogen (secondary N) is 1. The van der Waals surface area contributed by atoms with Gasteiger partial charge in [-0.15, -0.1) is 0 Å². The molecule has 0 bridgehead atoms. The van der Waals surface area contributed by atoms with Gasteiger partial charge in [-0.05, 0) is 12.1 Å². The van der Waals surface area contributed by atoms with E-state index in [0.717, 1.165) is 12.1 Å². The number of rotatable bonds is 5. The molecule has 0 fully saturated rings. The molecule has 6 heteroatoms. The van der Waals surface area contributed by atoms with Crippen molar-refractivity contribution in [2.75, 3.05) is 11.9 Å². The van der Waals surface area contributed by atoms with Gasteiger partial charge in [-0.2, -0.15) is 0 Å². The van der Waals surface area contributed by atoms with Crippen molar-refractivity contribution in [2.45, 2.75) is 12.8 Å². The predicted octanol–water partition coefficient (Wildman–Crippen LogP) is 2.65. The molecule has 0 saturated carbocycles. The van der Waals surface area contributed by atoms with E-state index in [-0.39, 0.29) is 18.7 Å². The maximum atomic E-state index is 13.2. The maximum Gasteiger partial charge on any atom is 0.305 e. The summed E-state index contributed by atoms with van der Waals surface area (Å²) in [6.45, 7) is 0.0419. The molecule has 88 valence electrons. The molecule has 0 aliphatic rings. The lowest BCUT2D eigenvalue weighted by molar-refractivity contribution is -0.136. The van der Waals surface area contributed by atoms with Gasteiger partial charge in [0.1, 0.15) is 5.82 Å². The second-order valence-electron chi connectivity index (χ2n) is 3.11. The number of alkyl halides is 2. The van der Waals surface area contributed by atoms with Crippen LogP contribution in [0.2, 0.25) is 0 Å². The van der Waals surface area contributed by atoms with Crippen LogP contribution in [0.3, 0.4) is 0 Å². The molecule has 0 unspecified atom stereocenters. The number of hydrogen-bond donors (Lipinski definition) is 2. The topological polar surface area (TPSA) is 49.3 Å². The van der Waals surface area contributed by atoms with Crippen molar-refractivity contribution in [1.29, 1.82) is 0 Å². The molecule has 0 heterocycles. The van der Waals surface area contributed by atoms with E-state index < -0.39 is 23.8 Å². The van der Waals surface area contributed by atoms with Crippen LogP contribution in [0.4, 0.5) is 18.9 Å². The monoisotopic (exact) mass is 233 g/mol. The zero-order valence-electron chi connectivity index (χ0n) is 8.21. The third-order valence-electron chi connectivity index (χ3n) is 1.90. The van der Waals surface area contributed by atoms with E-state index in [1.807, 2.05) is 0 Å². The van der Waals surface area contributed by atoms with Gasteiger partial charge in [0.15, 0.2) is 0 Å². The number of carboxylic acid groups (broad SMARTS) is 1. The van der Waals surface area contributed by atoms with E-state index in [1.54, 1.807) is 0 Å². The summed E-state index contributed by atoms with van der Waals surface area (Å²) in [5.41, 5.74) is -0.382. The second kappa shape index (κ2) is 5.39. The fourth-order valence-electron chi connectivity index (χ4n) is 1.11. The van der Waals surface area contributed by atoms with E-state index in [9.17, 15) is 18.0 Å². The van der Waals surface area contributed by atoms with Crippen molar-refractivity contribution in [3.05, 3.63) is 29.6 Å². The highest BCUT2D eigenvalue weighted by Gasteiger charge is 2.10. The lowest BCUT2D eigenvalue weighted by atomic mass is 10.2. The lowest BCUT2D eigenvalue weighted by Crippen LogP contribution is -2.08. The Morgan fingerprint density at radius 3 is 2.62 bits per heavy atom. The van der Waals surface area contributed by atoms with E-state index in [0.29, 0.717) is 0 Å². The van der Waals surface area contributed by atoms with Crippen molar-refractivity contribution in [1.82, 2.24) is 0 Å². The molecule has 0 atom stereocenters. The van der Waals surface area contributed by atoms with E-state index in [2.05, 4.69) is 5.32 Å². The molecule has 0 radical (unpaired) electrons. The van der Waals surface area contributed by atoms with Crippen LogP contribution in [0.15, 0.2) is 18.2 Å². The van der Waals surface area contributed by atoms with Gasteiger partial charge >= 0.3 is 5.97 Å². The summed E-state index contributed by atoms with van der Waals surface area (Å²) < 4.78 is 37.5. The number of carboxylic acids is 1. The zero-order chi connectivity index (χ0) is 12.1.